The molecule has 3 rings (SSSR count). The van der Waals surface area contributed by atoms with E-state index in [0.717, 1.165) is 5.56 Å². The predicted molar refractivity (Wildman–Crippen MR) is 149 cm³/mol. The summed E-state index contributed by atoms with van der Waals surface area (Å²) in [4.78, 5) is 47.7. The van der Waals surface area contributed by atoms with Gasteiger partial charge in [-0.15, -0.1) is 0 Å². The highest BCUT2D eigenvalue weighted by Gasteiger charge is 2.57. The second-order valence-electron chi connectivity index (χ2n) is 10.1. The maximum atomic E-state index is 12.1. The Balaban J connectivity index is 2.15. The molecule has 1 aliphatic rings. The number of carbonyl (C=O) groups is 4. The molecule has 0 spiro atoms. The Labute approximate surface area is 248 Å². The Morgan fingerprint density at radius 3 is 2.10 bits per heavy atom. The van der Waals surface area contributed by atoms with Crippen molar-refractivity contribution in [3.63, 3.8) is 0 Å². The zero-order valence-corrected chi connectivity index (χ0v) is 24.3. The van der Waals surface area contributed by atoms with E-state index in [2.05, 4.69) is 0 Å². The quantitative estimate of drug-likeness (QED) is 0.261. The summed E-state index contributed by atoms with van der Waals surface area (Å²) in [7, 11) is 1.30. The molecule has 11 nitrogen and oxygen atoms in total. The van der Waals surface area contributed by atoms with E-state index in [0.29, 0.717) is 34.9 Å². The summed E-state index contributed by atoms with van der Waals surface area (Å²) in [5, 5.41) is 29.8. The van der Waals surface area contributed by atoms with Gasteiger partial charge >= 0.3 is 23.9 Å². The maximum absolute atomic E-state index is 12.1. The molecule has 0 aliphatic carbocycles. The number of rotatable bonds is 14. The lowest BCUT2D eigenvalue weighted by Gasteiger charge is -2.52. The van der Waals surface area contributed by atoms with Crippen LogP contribution in [0.2, 0.25) is 5.02 Å². The lowest BCUT2D eigenvalue weighted by molar-refractivity contribution is -0.339. The summed E-state index contributed by atoms with van der Waals surface area (Å²) in [5.74, 6) is -8.68. The molecule has 2 aromatic carbocycles. The number of halogens is 1. The maximum Gasteiger partial charge on any atom is 0.303 e. The molecule has 228 valence electrons. The zero-order valence-electron chi connectivity index (χ0n) is 23.6. The number of ether oxygens (including phenoxy) is 4. The molecule has 0 aromatic heterocycles. The van der Waals surface area contributed by atoms with Crippen LogP contribution in [-0.2, 0) is 45.6 Å². The Bertz CT molecular complexity index is 1280. The molecule has 0 bridgehead atoms. The molecule has 0 saturated carbocycles. The van der Waals surface area contributed by atoms with Crippen molar-refractivity contribution in [2.75, 3.05) is 20.3 Å². The number of esters is 1. The Morgan fingerprint density at radius 2 is 1.55 bits per heavy atom. The van der Waals surface area contributed by atoms with Crippen LogP contribution in [0.1, 0.15) is 49.8 Å². The van der Waals surface area contributed by atoms with Crippen LogP contribution in [0.5, 0.6) is 5.75 Å². The van der Waals surface area contributed by atoms with Crippen LogP contribution >= 0.6 is 11.6 Å². The number of hydrogen-bond acceptors (Lipinski definition) is 8. The minimum atomic E-state index is -1.84. The number of methoxy groups -OCH3 is 1. The summed E-state index contributed by atoms with van der Waals surface area (Å²) in [6, 6.07) is 12.4. The summed E-state index contributed by atoms with van der Waals surface area (Å²) in [6.45, 7) is 3.20. The molecule has 5 atom stereocenters. The van der Waals surface area contributed by atoms with Crippen molar-refractivity contribution >= 4 is 35.5 Å². The molecule has 12 heteroatoms. The largest absolute Gasteiger partial charge is 0.494 e. The third kappa shape index (κ3) is 7.99. The fraction of sp³-hybridized carbons (Fsp3) is 0.467. The van der Waals surface area contributed by atoms with Crippen molar-refractivity contribution < 1.29 is 53.4 Å². The first kappa shape index (κ1) is 32.8. The monoisotopic (exact) mass is 606 g/mol. The minimum absolute atomic E-state index is 0.360. The second-order valence-corrected chi connectivity index (χ2v) is 10.5. The Hall–Kier alpha value is -3.67. The van der Waals surface area contributed by atoms with Gasteiger partial charge in [0.05, 0.1) is 25.6 Å². The SMILES string of the molecule is CCOc1ccc(Cc2cc([C@@]3(OC)O[C@@H](COC(C)=O)[C@H](CC(=O)O)[C@H](CC(=O)O)[C@H]3CC(=O)O)ccc2Cl)cc1. The van der Waals surface area contributed by atoms with Gasteiger partial charge < -0.3 is 34.3 Å². The Kier molecular flexibility index (Phi) is 11.3. The van der Waals surface area contributed by atoms with E-state index in [9.17, 15) is 34.5 Å². The number of hydrogen-bond donors (Lipinski definition) is 3. The molecule has 0 amide bonds. The van der Waals surface area contributed by atoms with Crippen LogP contribution in [-0.4, -0.2) is 65.6 Å². The normalized spacial score (nSPS) is 23.6. The van der Waals surface area contributed by atoms with Gasteiger partial charge in [-0.2, -0.15) is 0 Å². The molecule has 2 aromatic rings. The van der Waals surface area contributed by atoms with Crippen LogP contribution in [0, 0.1) is 17.8 Å². The van der Waals surface area contributed by atoms with Crippen molar-refractivity contribution in [3.8, 4) is 5.75 Å². The summed E-state index contributed by atoms with van der Waals surface area (Å²) in [5.41, 5.74) is 1.93. The van der Waals surface area contributed by atoms with E-state index >= 15 is 0 Å². The molecular weight excluding hydrogens is 572 g/mol. The lowest BCUT2D eigenvalue weighted by atomic mass is 9.66. The van der Waals surface area contributed by atoms with E-state index in [-0.39, 0.29) is 6.61 Å². The van der Waals surface area contributed by atoms with Crippen molar-refractivity contribution in [2.45, 2.75) is 51.4 Å². The molecule has 0 unspecified atom stereocenters. The van der Waals surface area contributed by atoms with Crippen LogP contribution in [0.15, 0.2) is 42.5 Å². The molecule has 1 heterocycles. The lowest BCUT2D eigenvalue weighted by Crippen LogP contribution is -2.57. The first-order valence-corrected chi connectivity index (χ1v) is 13.8. The molecule has 1 saturated heterocycles. The molecule has 1 fully saturated rings. The van der Waals surface area contributed by atoms with E-state index < -0.39 is 72.8 Å². The highest BCUT2D eigenvalue weighted by Crippen LogP contribution is 2.52. The molecule has 1 aliphatic heterocycles. The number of aliphatic carboxylic acids is 3. The zero-order chi connectivity index (χ0) is 31.0. The first-order valence-electron chi connectivity index (χ1n) is 13.4. The van der Waals surface area contributed by atoms with Gasteiger partial charge in [0.1, 0.15) is 12.4 Å². The number of carboxylic acid groups (broad SMARTS) is 3. The van der Waals surface area contributed by atoms with Gasteiger partial charge in [-0.05, 0) is 54.7 Å². The van der Waals surface area contributed by atoms with Crippen LogP contribution < -0.4 is 4.74 Å². The number of benzene rings is 2. The van der Waals surface area contributed by atoms with Crippen LogP contribution in [0.4, 0.5) is 0 Å². The van der Waals surface area contributed by atoms with Crippen LogP contribution in [0.3, 0.4) is 0 Å². The minimum Gasteiger partial charge on any atom is -0.494 e. The van der Waals surface area contributed by atoms with Crippen molar-refractivity contribution in [1.29, 1.82) is 0 Å². The van der Waals surface area contributed by atoms with E-state index in [1.807, 2.05) is 31.2 Å². The number of carboxylic acids is 3. The average Bonchev–Trinajstić information content (AvgIpc) is 2.92. The van der Waals surface area contributed by atoms with Crippen molar-refractivity contribution in [3.05, 3.63) is 64.2 Å². The smallest absolute Gasteiger partial charge is 0.303 e. The van der Waals surface area contributed by atoms with Gasteiger partial charge in [0.25, 0.3) is 0 Å². The van der Waals surface area contributed by atoms with Crippen molar-refractivity contribution in [2.24, 2.45) is 17.8 Å². The van der Waals surface area contributed by atoms with Gasteiger partial charge in [0.15, 0.2) is 5.79 Å². The Morgan fingerprint density at radius 1 is 0.929 bits per heavy atom. The summed E-state index contributed by atoms with van der Waals surface area (Å²) in [6.07, 6.45) is -2.42. The van der Waals surface area contributed by atoms with Gasteiger partial charge in [0, 0.05) is 42.9 Å². The molecular formula is C30H35ClO11. The first-order chi connectivity index (χ1) is 19.9. The topological polar surface area (TPSA) is 166 Å². The highest BCUT2D eigenvalue weighted by molar-refractivity contribution is 6.31. The summed E-state index contributed by atoms with van der Waals surface area (Å²) < 4.78 is 23.0. The van der Waals surface area contributed by atoms with E-state index in [1.54, 1.807) is 18.2 Å². The summed E-state index contributed by atoms with van der Waals surface area (Å²) >= 11 is 6.57. The van der Waals surface area contributed by atoms with Crippen LogP contribution in [0.25, 0.3) is 0 Å². The average molecular weight is 607 g/mol. The third-order valence-electron chi connectivity index (χ3n) is 7.41. The molecule has 0 radical (unpaired) electrons. The van der Waals surface area contributed by atoms with E-state index in [1.165, 1.54) is 14.0 Å². The highest BCUT2D eigenvalue weighted by atomic mass is 35.5. The van der Waals surface area contributed by atoms with Gasteiger partial charge in [-0.25, -0.2) is 0 Å². The van der Waals surface area contributed by atoms with Gasteiger partial charge in [0.2, 0.25) is 0 Å². The van der Waals surface area contributed by atoms with Gasteiger partial charge in [-0.1, -0.05) is 29.8 Å². The second kappa shape index (κ2) is 14.5. The van der Waals surface area contributed by atoms with Crippen molar-refractivity contribution in [1.82, 2.24) is 0 Å². The fourth-order valence-corrected chi connectivity index (χ4v) is 5.87. The number of carbonyl (C=O) groups excluding carboxylic acids is 1. The predicted octanol–water partition coefficient (Wildman–Crippen LogP) is 4.36. The molecule has 42 heavy (non-hydrogen) atoms. The van der Waals surface area contributed by atoms with Gasteiger partial charge in [-0.3, -0.25) is 19.2 Å². The third-order valence-corrected chi connectivity index (χ3v) is 7.77. The van der Waals surface area contributed by atoms with E-state index in [4.69, 9.17) is 30.5 Å². The molecule has 3 N–H and O–H groups in total. The standard InChI is InChI=1S/C30H35ClO11/c1-4-40-21-8-5-18(6-9-21)11-19-12-20(7-10-25(19)31)30(39-3)24(15-29(37)38)22(13-27(33)34)23(14-28(35)36)26(42-30)16-41-17(2)32/h5-10,12,22-24,26H,4,11,13-16H2,1-3H3,(H,33,34)(H,35,36)(H,37,38)/t22-,23+,24+,26-,30+/m0/s1. The fourth-order valence-electron chi connectivity index (χ4n) is 5.68.